The molecule has 0 amide bonds. The Hall–Kier alpha value is -1.55. The third-order valence-electron chi connectivity index (χ3n) is 4.85. The number of hydrogen-bond acceptors (Lipinski definition) is 3. The van der Waals surface area contributed by atoms with Gasteiger partial charge in [-0.2, -0.15) is 0 Å². The van der Waals surface area contributed by atoms with Crippen molar-refractivity contribution in [2.45, 2.75) is 59.1 Å². The molecule has 2 unspecified atom stereocenters. The van der Waals surface area contributed by atoms with Crippen LogP contribution in [0, 0.1) is 6.92 Å². The topological polar surface area (TPSA) is 41.5 Å². The van der Waals surface area contributed by atoms with Gasteiger partial charge >= 0.3 is 0 Å². The molecule has 2 rings (SSSR count). The molecular weight excluding hydrogens is 358 g/mol. The van der Waals surface area contributed by atoms with E-state index < -0.39 is 6.10 Å². The first-order valence-electron chi connectivity index (χ1n) is 9.64. The number of aryl methyl sites for hydroxylation is 2. The van der Waals surface area contributed by atoms with Gasteiger partial charge < -0.3 is 15.2 Å². The van der Waals surface area contributed by atoms with Crippen LogP contribution in [-0.2, 0) is 6.42 Å². The van der Waals surface area contributed by atoms with E-state index in [-0.39, 0.29) is 25.1 Å². The van der Waals surface area contributed by atoms with Crippen molar-refractivity contribution in [3.8, 4) is 5.75 Å². The molecule has 2 N–H and O–H groups in total. The molecule has 2 aromatic rings. The SMILES string of the molecule is CCc1ccc(C(C)NCC(O)COc2ccc(C(C)C)c(C)c2)cc1.Cl. The zero-order valence-electron chi connectivity index (χ0n) is 17.2. The Labute approximate surface area is 170 Å². The third-order valence-corrected chi connectivity index (χ3v) is 4.85. The van der Waals surface area contributed by atoms with Crippen molar-refractivity contribution in [1.29, 1.82) is 0 Å². The largest absolute Gasteiger partial charge is 0.491 e. The number of halogens is 1. The lowest BCUT2D eigenvalue weighted by atomic mass is 9.98. The normalized spacial score (nSPS) is 13.1. The Morgan fingerprint density at radius 1 is 1.04 bits per heavy atom. The molecular formula is C23H34ClNO2. The maximum absolute atomic E-state index is 10.2. The van der Waals surface area contributed by atoms with Gasteiger partial charge in [-0.3, -0.25) is 0 Å². The summed E-state index contributed by atoms with van der Waals surface area (Å²) in [5.74, 6) is 1.32. The lowest BCUT2D eigenvalue weighted by Crippen LogP contribution is -2.33. The van der Waals surface area contributed by atoms with E-state index in [1.165, 1.54) is 22.3 Å². The van der Waals surface area contributed by atoms with Gasteiger partial charge in [-0.1, -0.05) is 51.1 Å². The molecule has 150 valence electrons. The molecule has 2 aromatic carbocycles. The number of rotatable bonds is 9. The summed E-state index contributed by atoms with van der Waals surface area (Å²) >= 11 is 0. The van der Waals surface area contributed by atoms with Crippen LogP contribution in [0.2, 0.25) is 0 Å². The van der Waals surface area contributed by atoms with Gasteiger partial charge in [-0.15, -0.1) is 12.4 Å². The van der Waals surface area contributed by atoms with Gasteiger partial charge in [0.1, 0.15) is 18.5 Å². The van der Waals surface area contributed by atoms with Crippen LogP contribution in [-0.4, -0.2) is 24.4 Å². The molecule has 0 aliphatic heterocycles. The van der Waals surface area contributed by atoms with Crippen molar-refractivity contribution in [3.63, 3.8) is 0 Å². The molecule has 0 spiro atoms. The molecule has 2 atom stereocenters. The first-order valence-corrected chi connectivity index (χ1v) is 9.64. The van der Waals surface area contributed by atoms with E-state index in [1.807, 2.05) is 12.1 Å². The highest BCUT2D eigenvalue weighted by Crippen LogP contribution is 2.23. The molecule has 0 bridgehead atoms. The summed E-state index contributed by atoms with van der Waals surface area (Å²) in [4.78, 5) is 0. The van der Waals surface area contributed by atoms with Crippen LogP contribution in [0.15, 0.2) is 42.5 Å². The summed E-state index contributed by atoms with van der Waals surface area (Å²) in [5.41, 5.74) is 5.14. The Balaban J connectivity index is 0.00000364. The number of ether oxygens (including phenoxy) is 1. The molecule has 0 radical (unpaired) electrons. The van der Waals surface area contributed by atoms with Crippen molar-refractivity contribution in [1.82, 2.24) is 5.32 Å². The molecule has 0 aliphatic carbocycles. The fraction of sp³-hybridized carbons (Fsp3) is 0.478. The van der Waals surface area contributed by atoms with Crippen LogP contribution in [0.5, 0.6) is 5.75 Å². The summed E-state index contributed by atoms with van der Waals surface area (Å²) in [6.07, 6.45) is 0.507. The Morgan fingerprint density at radius 2 is 1.70 bits per heavy atom. The lowest BCUT2D eigenvalue weighted by molar-refractivity contribution is 0.104. The molecule has 27 heavy (non-hydrogen) atoms. The van der Waals surface area contributed by atoms with Crippen LogP contribution >= 0.6 is 12.4 Å². The number of hydrogen-bond donors (Lipinski definition) is 2. The number of benzene rings is 2. The van der Waals surface area contributed by atoms with Gasteiger partial charge in [0.2, 0.25) is 0 Å². The summed E-state index contributed by atoms with van der Waals surface area (Å²) < 4.78 is 5.76. The average molecular weight is 392 g/mol. The fourth-order valence-electron chi connectivity index (χ4n) is 3.11. The Bertz CT molecular complexity index is 685. The number of nitrogens with one attached hydrogen (secondary N) is 1. The van der Waals surface area contributed by atoms with Crippen LogP contribution in [0.1, 0.15) is 61.9 Å². The van der Waals surface area contributed by atoms with Gasteiger partial charge in [-0.25, -0.2) is 0 Å². The molecule has 0 aromatic heterocycles. The van der Waals surface area contributed by atoms with E-state index in [1.54, 1.807) is 0 Å². The first kappa shape index (κ1) is 23.5. The second kappa shape index (κ2) is 11.3. The van der Waals surface area contributed by atoms with Gasteiger partial charge in [-0.05, 0) is 60.6 Å². The summed E-state index contributed by atoms with van der Waals surface area (Å²) in [6, 6.07) is 15.0. The number of aliphatic hydroxyl groups excluding tert-OH is 1. The molecule has 0 fully saturated rings. The summed E-state index contributed by atoms with van der Waals surface area (Å²) in [5, 5.41) is 13.6. The van der Waals surface area contributed by atoms with Crippen LogP contribution in [0.25, 0.3) is 0 Å². The second-order valence-corrected chi connectivity index (χ2v) is 7.36. The molecule has 3 nitrogen and oxygen atoms in total. The van der Waals surface area contributed by atoms with E-state index in [2.05, 4.69) is 70.3 Å². The Kier molecular flexibility index (Phi) is 9.86. The standard InChI is InChI=1S/C23H33NO2.ClH/c1-6-19-7-9-20(10-8-19)18(5)24-14-21(25)15-26-22-11-12-23(16(2)3)17(4)13-22;/h7-13,16,18,21,24-25H,6,14-15H2,1-5H3;1H. The maximum atomic E-state index is 10.2. The predicted molar refractivity (Wildman–Crippen MR) is 116 cm³/mol. The van der Waals surface area contributed by atoms with Gasteiger partial charge in [0.15, 0.2) is 0 Å². The van der Waals surface area contributed by atoms with Crippen molar-refractivity contribution >= 4 is 12.4 Å². The molecule has 4 heteroatoms. The van der Waals surface area contributed by atoms with Crippen molar-refractivity contribution in [2.75, 3.05) is 13.2 Å². The number of aliphatic hydroxyl groups is 1. The van der Waals surface area contributed by atoms with Crippen LogP contribution in [0.3, 0.4) is 0 Å². The monoisotopic (exact) mass is 391 g/mol. The molecule has 0 heterocycles. The van der Waals surface area contributed by atoms with E-state index >= 15 is 0 Å². The first-order chi connectivity index (χ1) is 12.4. The van der Waals surface area contributed by atoms with E-state index in [4.69, 9.17) is 4.74 Å². The van der Waals surface area contributed by atoms with E-state index in [0.29, 0.717) is 12.5 Å². The zero-order chi connectivity index (χ0) is 19.1. The molecule has 0 saturated heterocycles. The van der Waals surface area contributed by atoms with Crippen LogP contribution in [0.4, 0.5) is 0 Å². The lowest BCUT2D eigenvalue weighted by Gasteiger charge is -2.19. The summed E-state index contributed by atoms with van der Waals surface area (Å²) in [6.45, 7) is 11.5. The van der Waals surface area contributed by atoms with E-state index in [0.717, 1.165) is 12.2 Å². The van der Waals surface area contributed by atoms with Gasteiger partial charge in [0.05, 0.1) is 0 Å². The Morgan fingerprint density at radius 3 is 2.26 bits per heavy atom. The average Bonchev–Trinajstić information content (AvgIpc) is 2.64. The van der Waals surface area contributed by atoms with Gasteiger partial charge in [0.25, 0.3) is 0 Å². The third kappa shape index (κ3) is 7.17. The maximum Gasteiger partial charge on any atom is 0.119 e. The minimum Gasteiger partial charge on any atom is -0.491 e. The minimum absolute atomic E-state index is 0. The highest BCUT2D eigenvalue weighted by atomic mass is 35.5. The predicted octanol–water partition coefficient (Wildman–Crippen LogP) is 5.19. The van der Waals surface area contributed by atoms with E-state index in [9.17, 15) is 5.11 Å². The second-order valence-electron chi connectivity index (χ2n) is 7.36. The quantitative estimate of drug-likeness (QED) is 0.617. The van der Waals surface area contributed by atoms with Crippen LogP contribution < -0.4 is 10.1 Å². The summed E-state index contributed by atoms with van der Waals surface area (Å²) in [7, 11) is 0. The molecule has 0 aliphatic rings. The van der Waals surface area contributed by atoms with Crippen molar-refractivity contribution < 1.29 is 9.84 Å². The van der Waals surface area contributed by atoms with Crippen molar-refractivity contribution in [3.05, 3.63) is 64.7 Å². The van der Waals surface area contributed by atoms with Gasteiger partial charge in [0, 0.05) is 12.6 Å². The zero-order valence-corrected chi connectivity index (χ0v) is 18.0. The highest BCUT2D eigenvalue weighted by molar-refractivity contribution is 5.85. The highest BCUT2D eigenvalue weighted by Gasteiger charge is 2.11. The van der Waals surface area contributed by atoms with Crippen molar-refractivity contribution in [2.24, 2.45) is 0 Å². The minimum atomic E-state index is -0.544. The molecule has 0 saturated carbocycles. The smallest absolute Gasteiger partial charge is 0.119 e. The fourth-order valence-corrected chi connectivity index (χ4v) is 3.11.